The molecule has 114 valence electrons. The fraction of sp³-hybridized carbons (Fsp3) is 0.533. The van der Waals surface area contributed by atoms with Crippen molar-refractivity contribution in [2.75, 3.05) is 25.5 Å². The molecule has 1 atom stereocenters. The third-order valence-corrected chi connectivity index (χ3v) is 3.78. The van der Waals surface area contributed by atoms with Crippen LogP contribution in [0.25, 0.3) is 0 Å². The lowest BCUT2D eigenvalue weighted by Crippen LogP contribution is -2.23. The van der Waals surface area contributed by atoms with Crippen LogP contribution in [0.4, 0.5) is 18.9 Å². The van der Waals surface area contributed by atoms with Gasteiger partial charge in [0.15, 0.2) is 0 Å². The zero-order valence-electron chi connectivity index (χ0n) is 11.9. The molecule has 2 rings (SSSR count). The first kappa shape index (κ1) is 15.6. The van der Waals surface area contributed by atoms with Crippen molar-refractivity contribution in [3.63, 3.8) is 0 Å². The van der Waals surface area contributed by atoms with Crippen molar-refractivity contribution in [1.29, 1.82) is 5.26 Å². The van der Waals surface area contributed by atoms with Crippen molar-refractivity contribution in [3.8, 4) is 6.07 Å². The monoisotopic (exact) mass is 297 g/mol. The Balaban J connectivity index is 2.15. The summed E-state index contributed by atoms with van der Waals surface area (Å²) in [4.78, 5) is 2.24. The highest BCUT2D eigenvalue weighted by molar-refractivity contribution is 5.59. The lowest BCUT2D eigenvalue weighted by Gasteiger charge is -2.19. The Kier molecular flexibility index (Phi) is 4.73. The number of rotatable bonds is 2. The summed E-state index contributed by atoms with van der Waals surface area (Å²) in [7, 11) is 2.06. The third-order valence-electron chi connectivity index (χ3n) is 3.78. The summed E-state index contributed by atoms with van der Waals surface area (Å²) in [6.07, 6.45) is -1.51. The van der Waals surface area contributed by atoms with Crippen LogP contribution < -0.4 is 5.32 Å². The summed E-state index contributed by atoms with van der Waals surface area (Å²) >= 11 is 0. The molecule has 1 aromatic carbocycles. The summed E-state index contributed by atoms with van der Waals surface area (Å²) in [6.45, 7) is 1.97. The SMILES string of the molecule is CN1CCCC(Nc2ccc(C(F)(F)F)cc2C#N)CC1. The number of nitriles is 1. The van der Waals surface area contributed by atoms with Gasteiger partial charge in [-0.05, 0) is 57.6 Å². The highest BCUT2D eigenvalue weighted by atomic mass is 19.4. The van der Waals surface area contributed by atoms with Gasteiger partial charge in [0.05, 0.1) is 16.8 Å². The molecule has 0 saturated carbocycles. The number of hydrogen-bond donors (Lipinski definition) is 1. The van der Waals surface area contributed by atoms with Gasteiger partial charge < -0.3 is 10.2 Å². The molecule has 1 unspecified atom stereocenters. The molecule has 0 aromatic heterocycles. The topological polar surface area (TPSA) is 39.1 Å². The maximum absolute atomic E-state index is 12.7. The minimum Gasteiger partial charge on any atom is -0.381 e. The molecule has 1 saturated heterocycles. The summed E-state index contributed by atoms with van der Waals surface area (Å²) < 4.78 is 38.0. The predicted molar refractivity (Wildman–Crippen MR) is 74.9 cm³/mol. The molecule has 0 bridgehead atoms. The van der Waals surface area contributed by atoms with Crippen LogP contribution in [0.15, 0.2) is 18.2 Å². The van der Waals surface area contributed by atoms with E-state index in [2.05, 4.69) is 17.3 Å². The molecule has 1 aromatic rings. The molecule has 21 heavy (non-hydrogen) atoms. The number of hydrogen-bond acceptors (Lipinski definition) is 3. The van der Waals surface area contributed by atoms with Crippen LogP contribution in [0.2, 0.25) is 0 Å². The molecule has 1 aliphatic rings. The second kappa shape index (κ2) is 6.35. The Labute approximate surface area is 122 Å². The molecule has 3 nitrogen and oxygen atoms in total. The molecular weight excluding hydrogens is 279 g/mol. The fourth-order valence-electron chi connectivity index (χ4n) is 2.54. The standard InChI is InChI=1S/C15H18F3N3/c1-21-7-2-3-13(6-8-21)20-14-5-4-12(15(16,17)18)9-11(14)10-19/h4-5,9,13,20H,2-3,6-8H2,1H3. The van der Waals surface area contributed by atoms with Crippen molar-refractivity contribution in [2.45, 2.75) is 31.5 Å². The van der Waals surface area contributed by atoms with Gasteiger partial charge in [-0.2, -0.15) is 18.4 Å². The third kappa shape index (κ3) is 4.11. The average molecular weight is 297 g/mol. The summed E-state index contributed by atoms with van der Waals surface area (Å²) in [5, 5.41) is 12.3. The summed E-state index contributed by atoms with van der Waals surface area (Å²) in [5.41, 5.74) is -0.257. The van der Waals surface area contributed by atoms with E-state index in [4.69, 9.17) is 5.26 Å². The first-order valence-electron chi connectivity index (χ1n) is 6.96. The highest BCUT2D eigenvalue weighted by Gasteiger charge is 2.31. The molecule has 6 heteroatoms. The van der Waals surface area contributed by atoms with Crippen molar-refractivity contribution in [3.05, 3.63) is 29.3 Å². The van der Waals surface area contributed by atoms with Crippen molar-refractivity contribution >= 4 is 5.69 Å². The van der Waals surface area contributed by atoms with Crippen LogP contribution in [-0.4, -0.2) is 31.1 Å². The predicted octanol–water partition coefficient (Wildman–Crippen LogP) is 3.47. The van der Waals surface area contributed by atoms with E-state index >= 15 is 0 Å². The van der Waals surface area contributed by atoms with Crippen molar-refractivity contribution < 1.29 is 13.2 Å². The zero-order valence-corrected chi connectivity index (χ0v) is 11.9. The molecule has 1 aliphatic heterocycles. The van der Waals surface area contributed by atoms with Crippen LogP contribution in [-0.2, 0) is 6.18 Å². The maximum Gasteiger partial charge on any atom is 0.416 e. The Morgan fingerprint density at radius 1 is 1.29 bits per heavy atom. The minimum absolute atomic E-state index is 0.0439. The molecule has 1 N–H and O–H groups in total. The first-order valence-corrected chi connectivity index (χ1v) is 6.96. The number of anilines is 1. The van der Waals surface area contributed by atoms with E-state index in [9.17, 15) is 13.2 Å². The maximum atomic E-state index is 12.7. The van der Waals surface area contributed by atoms with Crippen LogP contribution in [0.5, 0.6) is 0 Å². The Bertz CT molecular complexity index is 534. The van der Waals surface area contributed by atoms with Gasteiger partial charge in [0.25, 0.3) is 0 Å². The number of nitrogens with one attached hydrogen (secondary N) is 1. The highest BCUT2D eigenvalue weighted by Crippen LogP contribution is 2.32. The van der Waals surface area contributed by atoms with Crippen LogP contribution >= 0.6 is 0 Å². The molecule has 1 heterocycles. The largest absolute Gasteiger partial charge is 0.416 e. The Hall–Kier alpha value is -1.74. The van der Waals surface area contributed by atoms with E-state index in [1.165, 1.54) is 6.07 Å². The minimum atomic E-state index is -4.42. The van der Waals surface area contributed by atoms with E-state index in [-0.39, 0.29) is 11.6 Å². The smallest absolute Gasteiger partial charge is 0.381 e. The van der Waals surface area contributed by atoms with Crippen molar-refractivity contribution in [2.24, 2.45) is 0 Å². The quantitative estimate of drug-likeness (QED) is 0.908. The van der Waals surface area contributed by atoms with Gasteiger partial charge in [-0.1, -0.05) is 0 Å². The second-order valence-electron chi connectivity index (χ2n) is 5.45. The Morgan fingerprint density at radius 3 is 2.71 bits per heavy atom. The normalized spacial score (nSPS) is 20.6. The average Bonchev–Trinajstić information content (AvgIpc) is 2.63. The summed E-state index contributed by atoms with van der Waals surface area (Å²) in [6, 6.07) is 5.33. The van der Waals surface area contributed by atoms with Gasteiger partial charge in [-0.3, -0.25) is 0 Å². The van der Waals surface area contributed by atoms with Gasteiger partial charge in [0.2, 0.25) is 0 Å². The zero-order chi connectivity index (χ0) is 15.5. The van der Waals surface area contributed by atoms with Gasteiger partial charge in [0.1, 0.15) is 6.07 Å². The first-order chi connectivity index (χ1) is 9.90. The molecule has 1 fully saturated rings. The fourth-order valence-corrected chi connectivity index (χ4v) is 2.54. The number of halogens is 3. The van der Waals surface area contributed by atoms with Gasteiger partial charge in [-0.15, -0.1) is 0 Å². The lowest BCUT2D eigenvalue weighted by molar-refractivity contribution is -0.137. The molecule has 0 amide bonds. The lowest BCUT2D eigenvalue weighted by atomic mass is 10.1. The van der Waals surface area contributed by atoms with Gasteiger partial charge in [-0.25, -0.2) is 0 Å². The number of alkyl halides is 3. The Morgan fingerprint density at radius 2 is 2.05 bits per heavy atom. The van der Waals surface area contributed by atoms with E-state index in [1.807, 2.05) is 6.07 Å². The van der Waals surface area contributed by atoms with Gasteiger partial charge >= 0.3 is 6.18 Å². The van der Waals surface area contributed by atoms with Crippen LogP contribution in [0, 0.1) is 11.3 Å². The molecule has 0 spiro atoms. The van der Waals surface area contributed by atoms with Crippen LogP contribution in [0.3, 0.4) is 0 Å². The number of benzene rings is 1. The van der Waals surface area contributed by atoms with E-state index < -0.39 is 11.7 Å². The molecular formula is C15H18F3N3. The second-order valence-corrected chi connectivity index (χ2v) is 5.45. The van der Waals surface area contributed by atoms with Gasteiger partial charge in [0, 0.05) is 6.04 Å². The summed E-state index contributed by atoms with van der Waals surface area (Å²) in [5.74, 6) is 0. The van der Waals surface area contributed by atoms with Crippen molar-refractivity contribution in [1.82, 2.24) is 4.90 Å². The molecule has 0 aliphatic carbocycles. The van der Waals surface area contributed by atoms with E-state index in [0.29, 0.717) is 5.69 Å². The van der Waals surface area contributed by atoms with E-state index in [0.717, 1.165) is 44.5 Å². The van der Waals surface area contributed by atoms with E-state index in [1.54, 1.807) is 0 Å². The van der Waals surface area contributed by atoms with Crippen LogP contribution in [0.1, 0.15) is 30.4 Å². The number of nitrogens with zero attached hydrogens (tertiary/aromatic N) is 2. The molecule has 0 radical (unpaired) electrons. The number of likely N-dealkylation sites (tertiary alicyclic amines) is 1.